The molecule has 0 spiro atoms. The number of hydrogen-bond acceptors (Lipinski definition) is 8. The van der Waals surface area contributed by atoms with Crippen LogP contribution in [0.5, 0.6) is 0 Å². The first-order valence-corrected chi connectivity index (χ1v) is 11.6. The summed E-state index contributed by atoms with van der Waals surface area (Å²) in [5.74, 6) is -1.60. The minimum absolute atomic E-state index is 0.0591. The first-order chi connectivity index (χ1) is 17.2. The molecule has 2 aromatic rings. The van der Waals surface area contributed by atoms with Gasteiger partial charge in [0.2, 0.25) is 11.6 Å². The van der Waals surface area contributed by atoms with Gasteiger partial charge in [0, 0.05) is 21.6 Å². The van der Waals surface area contributed by atoms with E-state index in [9.17, 15) is 19.2 Å². The molecule has 0 aliphatic heterocycles. The molecular formula is C28H26O8. The normalized spacial score (nSPS) is 14.4. The molecule has 36 heavy (non-hydrogen) atoms. The summed E-state index contributed by atoms with van der Waals surface area (Å²) in [6.07, 6.45) is -2.02. The highest BCUT2D eigenvalue weighted by atomic mass is 16.7. The molecule has 0 radical (unpaired) electrons. The van der Waals surface area contributed by atoms with Gasteiger partial charge in [-0.05, 0) is 22.3 Å². The molecule has 0 amide bonds. The molecule has 186 valence electrons. The number of ether oxygens (including phenoxy) is 4. The molecule has 0 saturated heterocycles. The van der Waals surface area contributed by atoms with Crippen molar-refractivity contribution in [2.45, 2.75) is 27.7 Å². The Bertz CT molecular complexity index is 1400. The highest BCUT2D eigenvalue weighted by molar-refractivity contribution is 6.58. The maximum atomic E-state index is 13.7. The van der Waals surface area contributed by atoms with E-state index < -0.39 is 23.9 Å². The van der Waals surface area contributed by atoms with Crippen LogP contribution in [0.4, 0.5) is 9.59 Å². The van der Waals surface area contributed by atoms with E-state index in [0.717, 1.165) is 0 Å². The Morgan fingerprint density at radius 1 is 0.611 bits per heavy atom. The van der Waals surface area contributed by atoms with Crippen LogP contribution < -0.4 is 20.9 Å². The third-order valence-corrected chi connectivity index (χ3v) is 5.44. The molecule has 4 rings (SSSR count). The van der Waals surface area contributed by atoms with Crippen LogP contribution in [0.2, 0.25) is 0 Å². The minimum atomic E-state index is -1.01. The van der Waals surface area contributed by atoms with E-state index in [1.165, 1.54) is 0 Å². The largest absolute Gasteiger partial charge is 0.514 e. The van der Waals surface area contributed by atoms with Gasteiger partial charge in [-0.1, -0.05) is 76.2 Å². The Labute approximate surface area is 207 Å². The van der Waals surface area contributed by atoms with E-state index in [4.69, 9.17) is 18.9 Å². The Hall–Kier alpha value is -4.20. The average molecular weight is 491 g/mol. The van der Waals surface area contributed by atoms with Crippen LogP contribution in [0.25, 0.3) is 22.7 Å². The summed E-state index contributed by atoms with van der Waals surface area (Å²) in [5.41, 5.74) is 0.118. The molecule has 8 nitrogen and oxygen atoms in total. The SMILES string of the molecule is CC(C)COC(=O)OC1=c2ccccc2=C2C(=O)C(OC(=O)OCC(C)C)=c3ccccc3=C2C1=O. The zero-order valence-corrected chi connectivity index (χ0v) is 20.5. The van der Waals surface area contributed by atoms with Gasteiger partial charge in [-0.25, -0.2) is 9.59 Å². The van der Waals surface area contributed by atoms with Crippen molar-refractivity contribution in [1.82, 2.24) is 0 Å². The number of carbonyl (C=O) groups excluding carboxylic acids is 4. The fourth-order valence-corrected chi connectivity index (χ4v) is 3.91. The lowest BCUT2D eigenvalue weighted by molar-refractivity contribution is -0.112. The Balaban J connectivity index is 1.91. The van der Waals surface area contributed by atoms with Gasteiger partial charge in [0.05, 0.1) is 13.2 Å². The first-order valence-electron chi connectivity index (χ1n) is 11.6. The lowest BCUT2D eigenvalue weighted by Crippen LogP contribution is -2.47. The summed E-state index contributed by atoms with van der Waals surface area (Å²) in [7, 11) is 0. The van der Waals surface area contributed by atoms with E-state index in [1.807, 2.05) is 27.7 Å². The van der Waals surface area contributed by atoms with Gasteiger partial charge in [-0.2, -0.15) is 0 Å². The average Bonchev–Trinajstić information content (AvgIpc) is 2.85. The molecule has 2 aliphatic carbocycles. The second-order valence-corrected chi connectivity index (χ2v) is 9.27. The van der Waals surface area contributed by atoms with Crippen LogP contribution >= 0.6 is 0 Å². The van der Waals surface area contributed by atoms with Crippen LogP contribution in [-0.4, -0.2) is 37.1 Å². The summed E-state index contributed by atoms with van der Waals surface area (Å²) in [6, 6.07) is 13.1. The minimum Gasteiger partial charge on any atom is -0.434 e. The standard InChI is InChI=1S/C28H26O8/c1-15(2)13-33-27(31)35-25-19-11-7-5-9-17(19)22-21(23(25)29)18-10-6-8-12-20(18)26(24(22)30)36-28(32)34-14-16(3)4/h5-12,15-16H,13-14H2,1-4H3. The second-order valence-electron chi connectivity index (χ2n) is 9.27. The van der Waals surface area contributed by atoms with Crippen LogP contribution in [-0.2, 0) is 28.5 Å². The lowest BCUT2D eigenvalue weighted by atomic mass is 9.83. The van der Waals surface area contributed by atoms with E-state index in [0.29, 0.717) is 10.4 Å². The Morgan fingerprint density at radius 2 is 0.944 bits per heavy atom. The highest BCUT2D eigenvalue weighted by Crippen LogP contribution is 2.26. The third-order valence-electron chi connectivity index (χ3n) is 5.44. The zero-order chi connectivity index (χ0) is 26.0. The summed E-state index contributed by atoms with van der Waals surface area (Å²) in [5, 5.41) is 1.26. The highest BCUT2D eigenvalue weighted by Gasteiger charge is 2.37. The first kappa shape index (κ1) is 24.9. The van der Waals surface area contributed by atoms with Crippen molar-refractivity contribution in [3.8, 4) is 0 Å². The van der Waals surface area contributed by atoms with Crippen molar-refractivity contribution in [3.05, 3.63) is 69.4 Å². The van der Waals surface area contributed by atoms with Gasteiger partial charge in [0.1, 0.15) is 0 Å². The predicted molar refractivity (Wildman–Crippen MR) is 130 cm³/mol. The van der Waals surface area contributed by atoms with Gasteiger partial charge in [0.15, 0.2) is 11.5 Å². The van der Waals surface area contributed by atoms with Gasteiger partial charge in [0.25, 0.3) is 0 Å². The summed E-state index contributed by atoms with van der Waals surface area (Å²) < 4.78 is 21.0. The van der Waals surface area contributed by atoms with Crippen molar-refractivity contribution in [2.75, 3.05) is 13.2 Å². The fourth-order valence-electron chi connectivity index (χ4n) is 3.91. The van der Waals surface area contributed by atoms with Crippen molar-refractivity contribution < 1.29 is 38.1 Å². The van der Waals surface area contributed by atoms with Crippen molar-refractivity contribution in [1.29, 1.82) is 0 Å². The number of benzene rings is 2. The summed E-state index contributed by atoms with van der Waals surface area (Å²) in [4.78, 5) is 52.1. The lowest BCUT2D eigenvalue weighted by Gasteiger charge is -2.22. The van der Waals surface area contributed by atoms with Gasteiger partial charge < -0.3 is 18.9 Å². The maximum Gasteiger partial charge on any atom is 0.514 e. The van der Waals surface area contributed by atoms with Gasteiger partial charge >= 0.3 is 12.3 Å². The van der Waals surface area contributed by atoms with Gasteiger partial charge in [-0.15, -0.1) is 0 Å². The van der Waals surface area contributed by atoms with E-state index in [2.05, 4.69) is 0 Å². The third kappa shape index (κ3) is 4.79. The molecule has 0 heterocycles. The molecule has 0 aromatic heterocycles. The molecule has 0 unspecified atom stereocenters. The van der Waals surface area contributed by atoms with E-state index >= 15 is 0 Å². The molecule has 0 saturated carbocycles. The zero-order valence-electron chi connectivity index (χ0n) is 20.5. The Morgan fingerprint density at radius 3 is 1.28 bits per heavy atom. The van der Waals surface area contributed by atoms with Crippen molar-refractivity contribution in [3.63, 3.8) is 0 Å². The molecule has 2 aromatic carbocycles. The van der Waals surface area contributed by atoms with Crippen molar-refractivity contribution >= 4 is 46.5 Å². The predicted octanol–water partition coefficient (Wildman–Crippen LogP) is 1.69. The quantitative estimate of drug-likeness (QED) is 0.564. The molecular weight excluding hydrogens is 464 g/mol. The van der Waals surface area contributed by atoms with E-state index in [-0.39, 0.29) is 58.2 Å². The maximum absolute atomic E-state index is 13.7. The smallest absolute Gasteiger partial charge is 0.434 e. The number of carbonyl (C=O) groups is 4. The molecule has 0 N–H and O–H groups in total. The topological polar surface area (TPSA) is 105 Å². The monoisotopic (exact) mass is 490 g/mol. The van der Waals surface area contributed by atoms with Gasteiger partial charge in [-0.3, -0.25) is 9.59 Å². The fraction of sp³-hybridized carbons (Fsp3) is 0.286. The number of Topliss-reactive ketones (excluding diaryl/α,β-unsaturated/α-hetero) is 2. The number of ketones is 2. The summed E-state index contributed by atoms with van der Waals surface area (Å²) >= 11 is 0. The Kier molecular flexibility index (Phi) is 7.05. The van der Waals surface area contributed by atoms with Crippen LogP contribution in [0.15, 0.2) is 48.5 Å². The second kappa shape index (κ2) is 10.2. The summed E-state index contributed by atoms with van der Waals surface area (Å²) in [6.45, 7) is 7.74. The molecule has 2 aliphatic rings. The van der Waals surface area contributed by atoms with Crippen LogP contribution in [0, 0.1) is 11.8 Å². The molecule has 0 fully saturated rings. The molecule has 0 bridgehead atoms. The molecule has 0 atom stereocenters. The van der Waals surface area contributed by atoms with Crippen molar-refractivity contribution in [2.24, 2.45) is 11.8 Å². The van der Waals surface area contributed by atoms with Crippen LogP contribution in [0.3, 0.4) is 0 Å². The number of hydrogen-bond donors (Lipinski definition) is 0. The van der Waals surface area contributed by atoms with Crippen LogP contribution in [0.1, 0.15) is 27.7 Å². The van der Waals surface area contributed by atoms with E-state index in [1.54, 1.807) is 48.5 Å². The number of fused-ring (bicyclic) bond motifs is 3. The number of rotatable bonds is 6. The molecule has 8 heteroatoms.